The van der Waals surface area contributed by atoms with Crippen LogP contribution in [0.3, 0.4) is 0 Å². The summed E-state index contributed by atoms with van der Waals surface area (Å²) in [4.78, 5) is 11.5. The third-order valence-corrected chi connectivity index (χ3v) is 3.67. The van der Waals surface area contributed by atoms with Crippen molar-refractivity contribution in [3.05, 3.63) is 11.9 Å². The molecule has 1 aromatic rings. The van der Waals surface area contributed by atoms with E-state index in [1.54, 1.807) is 0 Å². The molecule has 0 aliphatic heterocycles. The number of aromatic nitrogens is 2. The van der Waals surface area contributed by atoms with Crippen LogP contribution in [0.25, 0.3) is 0 Å². The van der Waals surface area contributed by atoms with E-state index in [-0.39, 0.29) is 11.0 Å². The first-order chi connectivity index (χ1) is 9.56. The summed E-state index contributed by atoms with van der Waals surface area (Å²) >= 11 is 0. The van der Waals surface area contributed by atoms with E-state index in [4.69, 9.17) is 0 Å². The third-order valence-electron chi connectivity index (χ3n) is 3.67. The first-order valence-electron chi connectivity index (χ1n) is 7.61. The molecule has 21 heavy (non-hydrogen) atoms. The molecule has 0 fully saturated rings. The van der Waals surface area contributed by atoms with Gasteiger partial charge >= 0.3 is 0 Å². The quantitative estimate of drug-likeness (QED) is 0.844. The molecule has 0 bridgehead atoms. The van der Waals surface area contributed by atoms with Gasteiger partial charge in [-0.25, -0.2) is 9.97 Å². The number of rotatable bonds is 6. The van der Waals surface area contributed by atoms with Crippen LogP contribution in [0.15, 0.2) is 6.07 Å². The molecule has 0 spiro atoms. The van der Waals surface area contributed by atoms with Gasteiger partial charge in [0.1, 0.15) is 17.5 Å². The second-order valence-corrected chi connectivity index (χ2v) is 7.30. The molecule has 2 N–H and O–H groups in total. The zero-order chi connectivity index (χ0) is 16.3. The van der Waals surface area contributed by atoms with Crippen molar-refractivity contribution in [2.45, 2.75) is 52.5 Å². The average Bonchev–Trinajstić information content (AvgIpc) is 2.35. The summed E-state index contributed by atoms with van der Waals surface area (Å²) in [6.45, 7) is 14.5. The second-order valence-electron chi connectivity index (χ2n) is 7.30. The van der Waals surface area contributed by atoms with E-state index < -0.39 is 0 Å². The minimum atomic E-state index is -0.0705. The molecule has 0 radical (unpaired) electrons. The summed E-state index contributed by atoms with van der Waals surface area (Å²) in [5.41, 5.74) is -0.00980. The van der Waals surface area contributed by atoms with Crippen LogP contribution in [0.5, 0.6) is 0 Å². The van der Waals surface area contributed by atoms with Crippen LogP contribution in [-0.2, 0) is 5.41 Å². The van der Waals surface area contributed by atoms with Crippen molar-refractivity contribution in [3.8, 4) is 0 Å². The second kappa shape index (κ2) is 6.60. The summed E-state index contributed by atoms with van der Waals surface area (Å²) in [5, 5.41) is 6.72. The summed E-state index contributed by atoms with van der Waals surface area (Å²) in [7, 11) is 4.18. The molecule has 1 heterocycles. The minimum absolute atomic E-state index is 0.0607. The largest absolute Gasteiger partial charge is 0.370 e. The third kappa shape index (κ3) is 5.16. The van der Waals surface area contributed by atoms with Crippen molar-refractivity contribution in [2.75, 3.05) is 37.8 Å². The smallest absolute Gasteiger partial charge is 0.138 e. The number of nitrogens with one attached hydrogen (secondary N) is 2. The van der Waals surface area contributed by atoms with Gasteiger partial charge in [0, 0.05) is 30.1 Å². The molecule has 0 amide bonds. The highest BCUT2D eigenvalue weighted by molar-refractivity contribution is 5.48. The SMILES string of the molecule is CCNc1cc(NCC(C)(C)N(C)C)nc(C(C)(C)C)n1. The van der Waals surface area contributed by atoms with Gasteiger partial charge < -0.3 is 15.5 Å². The van der Waals surface area contributed by atoms with Gasteiger partial charge in [-0.1, -0.05) is 20.8 Å². The normalized spacial score (nSPS) is 12.6. The topological polar surface area (TPSA) is 53.1 Å². The molecular formula is C16H31N5. The lowest BCUT2D eigenvalue weighted by molar-refractivity contribution is 0.210. The summed E-state index contributed by atoms with van der Waals surface area (Å²) in [6.07, 6.45) is 0. The van der Waals surface area contributed by atoms with Gasteiger partial charge in [0.2, 0.25) is 0 Å². The standard InChI is InChI=1S/C16H31N5/c1-9-17-12-10-13(18-11-16(5,6)21(7)8)20-14(19-12)15(2,3)4/h10H,9,11H2,1-8H3,(H2,17,18,19,20). The van der Waals surface area contributed by atoms with Crippen LogP contribution in [-0.4, -0.2) is 47.6 Å². The van der Waals surface area contributed by atoms with Gasteiger partial charge in [0.15, 0.2) is 0 Å². The van der Waals surface area contributed by atoms with Crippen LogP contribution >= 0.6 is 0 Å². The average molecular weight is 293 g/mol. The van der Waals surface area contributed by atoms with Crippen molar-refractivity contribution in [2.24, 2.45) is 0 Å². The van der Waals surface area contributed by atoms with E-state index in [9.17, 15) is 0 Å². The molecule has 1 rings (SSSR count). The Hall–Kier alpha value is -1.36. The molecule has 0 atom stereocenters. The summed E-state index contributed by atoms with van der Waals surface area (Å²) < 4.78 is 0. The number of hydrogen-bond donors (Lipinski definition) is 2. The first-order valence-corrected chi connectivity index (χ1v) is 7.61. The molecular weight excluding hydrogens is 262 g/mol. The Labute approximate surface area is 129 Å². The van der Waals surface area contributed by atoms with E-state index in [0.29, 0.717) is 0 Å². The van der Waals surface area contributed by atoms with E-state index in [1.807, 2.05) is 6.07 Å². The monoisotopic (exact) mass is 293 g/mol. The first kappa shape index (κ1) is 17.7. The van der Waals surface area contributed by atoms with Crippen molar-refractivity contribution in [1.29, 1.82) is 0 Å². The zero-order valence-electron chi connectivity index (χ0n) is 14.8. The zero-order valence-corrected chi connectivity index (χ0v) is 14.8. The highest BCUT2D eigenvalue weighted by Gasteiger charge is 2.22. The molecule has 5 nitrogen and oxygen atoms in total. The Morgan fingerprint density at radius 2 is 1.52 bits per heavy atom. The highest BCUT2D eigenvalue weighted by Crippen LogP contribution is 2.22. The Morgan fingerprint density at radius 1 is 1.00 bits per heavy atom. The van der Waals surface area contributed by atoms with E-state index in [1.165, 1.54) is 0 Å². The van der Waals surface area contributed by atoms with Crippen LogP contribution in [0.4, 0.5) is 11.6 Å². The molecule has 1 aromatic heterocycles. The molecule has 0 saturated carbocycles. The molecule has 0 saturated heterocycles. The van der Waals surface area contributed by atoms with E-state index in [2.05, 4.69) is 81.1 Å². The fourth-order valence-electron chi connectivity index (χ4n) is 1.61. The summed E-state index contributed by atoms with van der Waals surface area (Å²) in [5.74, 6) is 2.61. The lowest BCUT2D eigenvalue weighted by Gasteiger charge is -2.33. The Kier molecular flexibility index (Phi) is 5.56. The Bertz CT molecular complexity index is 460. The van der Waals surface area contributed by atoms with Crippen molar-refractivity contribution in [1.82, 2.24) is 14.9 Å². The van der Waals surface area contributed by atoms with Crippen molar-refractivity contribution in [3.63, 3.8) is 0 Å². The molecule has 0 aromatic carbocycles. The van der Waals surface area contributed by atoms with Gasteiger partial charge in [-0.05, 0) is 34.9 Å². The molecule has 5 heteroatoms. The van der Waals surface area contributed by atoms with Crippen molar-refractivity contribution < 1.29 is 0 Å². The fourth-order valence-corrected chi connectivity index (χ4v) is 1.61. The molecule has 0 aliphatic rings. The van der Waals surface area contributed by atoms with E-state index >= 15 is 0 Å². The predicted molar refractivity (Wildman–Crippen MR) is 91.2 cm³/mol. The maximum atomic E-state index is 4.67. The number of hydrogen-bond acceptors (Lipinski definition) is 5. The van der Waals surface area contributed by atoms with Crippen LogP contribution < -0.4 is 10.6 Å². The summed E-state index contributed by atoms with van der Waals surface area (Å²) in [6, 6.07) is 1.98. The van der Waals surface area contributed by atoms with E-state index in [0.717, 1.165) is 30.5 Å². The van der Waals surface area contributed by atoms with Gasteiger partial charge in [-0.15, -0.1) is 0 Å². The lowest BCUT2D eigenvalue weighted by Crippen LogP contribution is -2.44. The van der Waals surface area contributed by atoms with Gasteiger partial charge in [-0.2, -0.15) is 0 Å². The van der Waals surface area contributed by atoms with Crippen LogP contribution in [0.2, 0.25) is 0 Å². The van der Waals surface area contributed by atoms with Gasteiger partial charge in [0.25, 0.3) is 0 Å². The van der Waals surface area contributed by atoms with Gasteiger partial charge in [0.05, 0.1) is 0 Å². The Morgan fingerprint density at radius 3 is 1.95 bits per heavy atom. The highest BCUT2D eigenvalue weighted by atomic mass is 15.2. The van der Waals surface area contributed by atoms with Crippen LogP contribution in [0.1, 0.15) is 47.4 Å². The number of likely N-dealkylation sites (N-methyl/N-ethyl adjacent to an activating group) is 1. The molecule has 120 valence electrons. The Balaban J connectivity index is 2.98. The minimum Gasteiger partial charge on any atom is -0.370 e. The van der Waals surface area contributed by atoms with Crippen LogP contribution in [0, 0.1) is 0 Å². The predicted octanol–water partition coefficient (Wildman–Crippen LogP) is 2.96. The number of nitrogens with zero attached hydrogens (tertiary/aromatic N) is 3. The maximum Gasteiger partial charge on any atom is 0.138 e. The maximum absolute atomic E-state index is 4.67. The number of anilines is 2. The molecule has 0 unspecified atom stereocenters. The molecule has 0 aliphatic carbocycles. The fraction of sp³-hybridized carbons (Fsp3) is 0.750. The van der Waals surface area contributed by atoms with Gasteiger partial charge in [-0.3, -0.25) is 0 Å². The van der Waals surface area contributed by atoms with Crippen molar-refractivity contribution >= 4 is 11.6 Å². The lowest BCUT2D eigenvalue weighted by atomic mass is 9.96.